The summed E-state index contributed by atoms with van der Waals surface area (Å²) in [6, 6.07) is 0. The van der Waals surface area contributed by atoms with Gasteiger partial charge in [-0.25, -0.2) is 17.6 Å². The summed E-state index contributed by atoms with van der Waals surface area (Å²) < 4.78 is 65.6. The van der Waals surface area contributed by atoms with Gasteiger partial charge in [-0.2, -0.15) is 0 Å². The summed E-state index contributed by atoms with van der Waals surface area (Å²) in [5, 5.41) is 0. The number of hydrogen-bond acceptors (Lipinski definition) is 2. The molecule has 1 aromatic carbocycles. The quantitative estimate of drug-likeness (QED) is 0.465. The van der Waals surface area contributed by atoms with Gasteiger partial charge in [-0.3, -0.25) is 0 Å². The number of benzene rings is 1. The highest BCUT2D eigenvalue weighted by molar-refractivity contribution is 5.30. The molecule has 1 atom stereocenters. The molecule has 1 unspecified atom stereocenters. The minimum Gasteiger partial charge on any atom is -0.353 e. The van der Waals surface area contributed by atoms with E-state index < -0.39 is 47.3 Å². The van der Waals surface area contributed by atoms with Crippen LogP contribution < -0.4 is 0 Å². The Hall–Kier alpha value is -1.40. The normalized spacial score (nSPS) is 18.8. The average molecular weight is 304 g/mol. The van der Waals surface area contributed by atoms with Gasteiger partial charge in [0.05, 0.1) is 12.2 Å². The van der Waals surface area contributed by atoms with Crippen molar-refractivity contribution in [3.05, 3.63) is 47.1 Å². The van der Waals surface area contributed by atoms with E-state index in [1.54, 1.807) is 0 Å². The fraction of sp³-hybridized carbons (Fsp3) is 0.467. The summed E-state index contributed by atoms with van der Waals surface area (Å²) >= 11 is 0. The van der Waals surface area contributed by atoms with Crippen LogP contribution in [0, 0.1) is 23.3 Å². The Labute approximate surface area is 120 Å². The molecule has 1 aliphatic rings. The predicted octanol–water partition coefficient (Wildman–Crippen LogP) is 4.01. The molecule has 0 spiro atoms. The largest absolute Gasteiger partial charge is 0.353 e. The van der Waals surface area contributed by atoms with Crippen molar-refractivity contribution in [3.8, 4) is 0 Å². The smallest absolute Gasteiger partial charge is 0.167 e. The zero-order chi connectivity index (χ0) is 15.4. The molecule has 0 N–H and O–H groups in total. The van der Waals surface area contributed by atoms with E-state index in [1.165, 1.54) is 6.08 Å². The maximum absolute atomic E-state index is 13.8. The molecule has 6 heteroatoms. The molecule has 1 fully saturated rings. The molecular weight excluding hydrogens is 288 g/mol. The topological polar surface area (TPSA) is 18.5 Å². The van der Waals surface area contributed by atoms with Crippen LogP contribution >= 0.6 is 0 Å². The van der Waals surface area contributed by atoms with Gasteiger partial charge in [0.15, 0.2) is 29.6 Å². The van der Waals surface area contributed by atoms with E-state index in [4.69, 9.17) is 9.47 Å². The van der Waals surface area contributed by atoms with Crippen molar-refractivity contribution in [1.29, 1.82) is 0 Å². The first-order chi connectivity index (χ1) is 10.1. The highest BCUT2D eigenvalue weighted by Gasteiger charge is 2.25. The fourth-order valence-electron chi connectivity index (χ4n) is 2.19. The molecule has 1 saturated heterocycles. The van der Waals surface area contributed by atoms with Gasteiger partial charge in [0, 0.05) is 12.2 Å². The molecule has 0 amide bonds. The zero-order valence-corrected chi connectivity index (χ0v) is 11.4. The van der Waals surface area contributed by atoms with Gasteiger partial charge in [-0.15, -0.1) is 6.58 Å². The van der Waals surface area contributed by atoms with Crippen LogP contribution in [0.1, 0.15) is 30.4 Å². The molecule has 2 nitrogen and oxygen atoms in total. The lowest BCUT2D eigenvalue weighted by atomic mass is 10.1. The molecule has 0 radical (unpaired) electrons. The average Bonchev–Trinajstić information content (AvgIpc) is 2.51. The van der Waals surface area contributed by atoms with E-state index in [2.05, 4.69) is 6.58 Å². The van der Waals surface area contributed by atoms with Crippen LogP contribution in [0.3, 0.4) is 0 Å². The van der Waals surface area contributed by atoms with Gasteiger partial charge in [-0.1, -0.05) is 6.08 Å². The third-order valence-electron chi connectivity index (χ3n) is 3.35. The second-order valence-corrected chi connectivity index (χ2v) is 4.81. The first-order valence-electron chi connectivity index (χ1n) is 6.74. The Morgan fingerprint density at radius 2 is 1.67 bits per heavy atom. The van der Waals surface area contributed by atoms with Crippen LogP contribution in [0.15, 0.2) is 12.7 Å². The van der Waals surface area contributed by atoms with Crippen molar-refractivity contribution >= 4 is 0 Å². The molecule has 1 heterocycles. The number of hydrogen-bond donors (Lipinski definition) is 0. The van der Waals surface area contributed by atoms with E-state index in [9.17, 15) is 17.6 Å². The van der Waals surface area contributed by atoms with Crippen molar-refractivity contribution in [2.24, 2.45) is 0 Å². The van der Waals surface area contributed by atoms with Crippen molar-refractivity contribution < 1.29 is 27.0 Å². The second kappa shape index (κ2) is 7.04. The van der Waals surface area contributed by atoms with E-state index >= 15 is 0 Å². The molecule has 1 aliphatic heterocycles. The van der Waals surface area contributed by atoms with Gasteiger partial charge in [0.25, 0.3) is 0 Å². The van der Waals surface area contributed by atoms with Crippen LogP contribution in [0.4, 0.5) is 17.6 Å². The number of ether oxygens (including phenoxy) is 2. The van der Waals surface area contributed by atoms with E-state index in [1.807, 2.05) is 0 Å². The lowest BCUT2D eigenvalue weighted by molar-refractivity contribution is -0.169. The highest BCUT2D eigenvalue weighted by Crippen LogP contribution is 2.26. The van der Waals surface area contributed by atoms with Crippen molar-refractivity contribution in [1.82, 2.24) is 0 Å². The molecule has 0 aromatic heterocycles. The SMILES string of the molecule is C=CCc1c(F)c(F)c(COC2CCCCO2)c(F)c1F. The summed E-state index contributed by atoms with van der Waals surface area (Å²) in [5.74, 6) is -5.67. The minimum absolute atomic E-state index is 0.293. The monoisotopic (exact) mass is 304 g/mol. The van der Waals surface area contributed by atoms with E-state index in [0.717, 1.165) is 12.8 Å². The lowest BCUT2D eigenvalue weighted by Crippen LogP contribution is -2.23. The Bertz CT molecular complexity index is 496. The molecule has 0 aliphatic carbocycles. The van der Waals surface area contributed by atoms with Gasteiger partial charge in [0.1, 0.15) is 0 Å². The summed E-state index contributed by atoms with van der Waals surface area (Å²) in [7, 11) is 0. The van der Waals surface area contributed by atoms with Crippen molar-refractivity contribution in [3.63, 3.8) is 0 Å². The molecule has 21 heavy (non-hydrogen) atoms. The maximum atomic E-state index is 13.8. The first kappa shape index (κ1) is 16.0. The zero-order valence-electron chi connectivity index (χ0n) is 11.4. The summed E-state index contributed by atoms with van der Waals surface area (Å²) in [4.78, 5) is 0. The molecule has 116 valence electrons. The number of allylic oxidation sites excluding steroid dienone is 1. The summed E-state index contributed by atoms with van der Waals surface area (Å²) in [6.45, 7) is 3.22. The number of halogens is 4. The summed E-state index contributed by atoms with van der Waals surface area (Å²) in [6.07, 6.45) is 2.63. The van der Waals surface area contributed by atoms with E-state index in [0.29, 0.717) is 13.0 Å². The predicted molar refractivity (Wildman–Crippen MR) is 68.6 cm³/mol. The van der Waals surface area contributed by atoms with Crippen LogP contribution in [0.25, 0.3) is 0 Å². The highest BCUT2D eigenvalue weighted by atomic mass is 19.2. The van der Waals surface area contributed by atoms with Crippen molar-refractivity contribution in [2.75, 3.05) is 6.61 Å². The molecule has 2 rings (SSSR count). The molecular formula is C15H16F4O2. The van der Waals surface area contributed by atoms with E-state index in [-0.39, 0.29) is 6.42 Å². The molecule has 0 saturated carbocycles. The maximum Gasteiger partial charge on any atom is 0.167 e. The van der Waals surface area contributed by atoms with Gasteiger partial charge in [0.2, 0.25) is 0 Å². The Kier molecular flexibility index (Phi) is 5.36. The lowest BCUT2D eigenvalue weighted by Gasteiger charge is -2.23. The van der Waals surface area contributed by atoms with Crippen LogP contribution in [-0.4, -0.2) is 12.9 Å². The second-order valence-electron chi connectivity index (χ2n) is 4.81. The van der Waals surface area contributed by atoms with Gasteiger partial charge < -0.3 is 9.47 Å². The van der Waals surface area contributed by atoms with Crippen LogP contribution in [0.2, 0.25) is 0 Å². The third kappa shape index (κ3) is 3.44. The van der Waals surface area contributed by atoms with Gasteiger partial charge >= 0.3 is 0 Å². The number of rotatable bonds is 5. The van der Waals surface area contributed by atoms with Crippen molar-refractivity contribution in [2.45, 2.75) is 38.6 Å². The molecule has 1 aromatic rings. The first-order valence-corrected chi connectivity index (χ1v) is 6.74. The van der Waals surface area contributed by atoms with Crippen LogP contribution in [0.5, 0.6) is 0 Å². The van der Waals surface area contributed by atoms with Crippen LogP contribution in [-0.2, 0) is 22.5 Å². The minimum atomic E-state index is -1.43. The summed E-state index contributed by atoms with van der Waals surface area (Å²) in [5.41, 5.74) is -1.43. The Morgan fingerprint density at radius 3 is 2.19 bits per heavy atom. The molecule has 0 bridgehead atoms. The Morgan fingerprint density at radius 1 is 1.05 bits per heavy atom. The fourth-order valence-corrected chi connectivity index (χ4v) is 2.19. The standard InChI is InChI=1S/C15H16F4O2/c1-2-5-9-12(16)14(18)10(15(19)13(9)17)8-21-11-6-3-4-7-20-11/h2,11H,1,3-8H2. The van der Waals surface area contributed by atoms with Gasteiger partial charge in [-0.05, 0) is 25.7 Å². The Balaban J connectivity index is 2.20. The third-order valence-corrected chi connectivity index (χ3v) is 3.35.